The van der Waals surface area contributed by atoms with Crippen LogP contribution in [0.3, 0.4) is 0 Å². The van der Waals surface area contributed by atoms with Gasteiger partial charge in [-0.2, -0.15) is 0 Å². The number of amides is 1. The number of halogens is 1. The van der Waals surface area contributed by atoms with Crippen LogP contribution in [0.25, 0.3) is 0 Å². The van der Waals surface area contributed by atoms with E-state index in [1.165, 1.54) is 25.8 Å². The zero-order valence-corrected chi connectivity index (χ0v) is 20.5. The van der Waals surface area contributed by atoms with Crippen molar-refractivity contribution < 1.29 is 4.79 Å². The van der Waals surface area contributed by atoms with E-state index in [2.05, 4.69) is 32.8 Å². The van der Waals surface area contributed by atoms with Crippen molar-refractivity contribution >= 4 is 35.8 Å². The molecule has 29 heavy (non-hydrogen) atoms. The lowest BCUT2D eigenvalue weighted by Crippen LogP contribution is -2.41. The molecule has 2 rings (SSSR count). The maximum atomic E-state index is 12.1. The highest BCUT2D eigenvalue weighted by molar-refractivity contribution is 14.0. The quantitative estimate of drug-likeness (QED) is 0.204. The Balaban J connectivity index is 0.00000420. The van der Waals surface area contributed by atoms with Crippen LogP contribution in [0.15, 0.2) is 29.3 Å². The molecule has 1 aromatic rings. The number of hydrogen-bond acceptors (Lipinski definition) is 3. The highest BCUT2D eigenvalue weighted by Gasteiger charge is 2.17. The van der Waals surface area contributed by atoms with Gasteiger partial charge in [0.25, 0.3) is 5.91 Å². The number of guanidine groups is 1. The molecule has 164 valence electrons. The Kier molecular flexibility index (Phi) is 12.9. The molecular formula is C22H38IN5O. The van der Waals surface area contributed by atoms with Crippen molar-refractivity contribution in [1.29, 1.82) is 0 Å². The third-order valence-corrected chi connectivity index (χ3v) is 5.26. The van der Waals surface area contributed by atoms with E-state index in [1.54, 1.807) is 7.05 Å². The summed E-state index contributed by atoms with van der Waals surface area (Å²) in [6.07, 6.45) is 6.07. The van der Waals surface area contributed by atoms with E-state index >= 15 is 0 Å². The molecule has 1 saturated heterocycles. The number of likely N-dealkylation sites (tertiary alicyclic amines) is 1. The molecular weight excluding hydrogens is 477 g/mol. The van der Waals surface area contributed by atoms with Crippen LogP contribution in [0, 0.1) is 0 Å². The first kappa shape index (κ1) is 25.7. The number of carbonyl (C=O) groups is 1. The zero-order valence-electron chi connectivity index (χ0n) is 18.2. The van der Waals surface area contributed by atoms with Crippen LogP contribution in [0.4, 0.5) is 0 Å². The van der Waals surface area contributed by atoms with Crippen molar-refractivity contribution in [3.8, 4) is 0 Å². The van der Waals surface area contributed by atoms with E-state index in [4.69, 9.17) is 0 Å². The van der Waals surface area contributed by atoms with Crippen LogP contribution in [-0.4, -0.2) is 56.0 Å². The fraction of sp³-hybridized carbons (Fsp3) is 0.636. The second-order valence-corrected chi connectivity index (χ2v) is 7.54. The summed E-state index contributed by atoms with van der Waals surface area (Å²) < 4.78 is 0. The molecule has 0 saturated carbocycles. The Morgan fingerprint density at radius 1 is 1.21 bits per heavy atom. The lowest BCUT2D eigenvalue weighted by molar-refractivity contribution is 0.0953. The molecule has 1 atom stereocenters. The van der Waals surface area contributed by atoms with Gasteiger partial charge in [-0.25, -0.2) is 0 Å². The van der Waals surface area contributed by atoms with E-state index in [1.807, 2.05) is 31.2 Å². The third kappa shape index (κ3) is 9.33. The van der Waals surface area contributed by atoms with Crippen molar-refractivity contribution in [2.75, 3.05) is 33.2 Å². The summed E-state index contributed by atoms with van der Waals surface area (Å²) >= 11 is 0. The van der Waals surface area contributed by atoms with Gasteiger partial charge in [-0.15, -0.1) is 24.0 Å². The molecule has 1 unspecified atom stereocenters. The van der Waals surface area contributed by atoms with E-state index in [-0.39, 0.29) is 29.9 Å². The molecule has 3 N–H and O–H groups in total. The average Bonchev–Trinajstić information content (AvgIpc) is 2.73. The maximum Gasteiger partial charge on any atom is 0.251 e. The Bertz CT molecular complexity index is 637. The first-order valence-electron chi connectivity index (χ1n) is 10.7. The van der Waals surface area contributed by atoms with Crippen molar-refractivity contribution in [1.82, 2.24) is 20.9 Å². The van der Waals surface area contributed by atoms with Crippen LogP contribution < -0.4 is 16.0 Å². The standard InChI is InChI=1S/C22H37N5O.HI/c1-4-12-24-21(28)20-11-7-10-19(16-20)17-26-22(23-3)25-13-8-15-27-14-6-5-9-18(27)2;/h7,10-11,16,18H,4-6,8-9,12-15,17H2,1-3H3,(H,24,28)(H2,23,25,26);1H. The molecule has 6 nitrogen and oxygen atoms in total. The van der Waals surface area contributed by atoms with Gasteiger partial charge in [0.05, 0.1) is 0 Å². The maximum absolute atomic E-state index is 12.1. The largest absolute Gasteiger partial charge is 0.356 e. The lowest BCUT2D eigenvalue weighted by atomic mass is 10.0. The predicted octanol–water partition coefficient (Wildman–Crippen LogP) is 3.37. The van der Waals surface area contributed by atoms with Crippen LogP contribution in [0.2, 0.25) is 0 Å². The second-order valence-electron chi connectivity index (χ2n) is 7.54. The topological polar surface area (TPSA) is 68.8 Å². The number of piperidine rings is 1. The van der Waals surface area contributed by atoms with Gasteiger partial charge in [-0.05, 0) is 56.8 Å². The summed E-state index contributed by atoms with van der Waals surface area (Å²) in [5, 5.41) is 9.65. The summed E-state index contributed by atoms with van der Waals surface area (Å²) in [5.74, 6) is 0.783. The summed E-state index contributed by atoms with van der Waals surface area (Å²) in [7, 11) is 1.79. The van der Waals surface area contributed by atoms with Crippen LogP contribution in [0.1, 0.15) is 61.9 Å². The molecule has 0 aliphatic carbocycles. The fourth-order valence-electron chi connectivity index (χ4n) is 3.55. The predicted molar refractivity (Wildman–Crippen MR) is 132 cm³/mol. The molecule has 1 aliphatic heterocycles. The van der Waals surface area contributed by atoms with Crippen LogP contribution in [0.5, 0.6) is 0 Å². The van der Waals surface area contributed by atoms with Gasteiger partial charge in [0, 0.05) is 44.8 Å². The first-order valence-corrected chi connectivity index (χ1v) is 10.7. The fourth-order valence-corrected chi connectivity index (χ4v) is 3.55. The second kappa shape index (κ2) is 14.6. The van der Waals surface area contributed by atoms with Gasteiger partial charge in [0.2, 0.25) is 0 Å². The number of benzene rings is 1. The Hall–Kier alpha value is -1.35. The minimum Gasteiger partial charge on any atom is -0.356 e. The summed E-state index contributed by atoms with van der Waals surface area (Å²) in [6.45, 7) is 9.00. The average molecular weight is 515 g/mol. The Labute approximate surface area is 193 Å². The van der Waals surface area contributed by atoms with Gasteiger partial charge in [-0.3, -0.25) is 9.79 Å². The molecule has 1 amide bonds. The van der Waals surface area contributed by atoms with Crippen LogP contribution in [-0.2, 0) is 6.54 Å². The number of nitrogens with zero attached hydrogens (tertiary/aromatic N) is 2. The van der Waals surface area contributed by atoms with Crippen molar-refractivity contribution in [3.63, 3.8) is 0 Å². The number of rotatable bonds is 9. The smallest absolute Gasteiger partial charge is 0.251 e. The number of nitrogens with one attached hydrogen (secondary N) is 3. The Morgan fingerprint density at radius 2 is 2.03 bits per heavy atom. The summed E-state index contributed by atoms with van der Waals surface area (Å²) in [4.78, 5) is 19.0. The molecule has 1 aromatic carbocycles. The van der Waals surface area contributed by atoms with Gasteiger partial charge in [-0.1, -0.05) is 25.5 Å². The van der Waals surface area contributed by atoms with Gasteiger partial charge >= 0.3 is 0 Å². The van der Waals surface area contributed by atoms with Crippen LogP contribution >= 0.6 is 24.0 Å². The van der Waals surface area contributed by atoms with Gasteiger partial charge in [0.15, 0.2) is 5.96 Å². The van der Waals surface area contributed by atoms with E-state index in [0.717, 1.165) is 37.5 Å². The first-order chi connectivity index (χ1) is 13.6. The zero-order chi connectivity index (χ0) is 20.2. The minimum absolute atomic E-state index is 0. The highest BCUT2D eigenvalue weighted by atomic mass is 127. The van der Waals surface area contributed by atoms with Gasteiger partial charge < -0.3 is 20.9 Å². The summed E-state index contributed by atoms with van der Waals surface area (Å²) in [5.41, 5.74) is 1.76. The number of carbonyl (C=O) groups excluding carboxylic acids is 1. The molecule has 1 fully saturated rings. The Morgan fingerprint density at radius 3 is 2.76 bits per heavy atom. The molecule has 1 aliphatic rings. The number of hydrogen-bond donors (Lipinski definition) is 3. The van der Waals surface area contributed by atoms with Crippen molar-refractivity contribution in [3.05, 3.63) is 35.4 Å². The highest BCUT2D eigenvalue weighted by Crippen LogP contribution is 2.16. The molecule has 0 aromatic heterocycles. The molecule has 0 spiro atoms. The molecule has 0 bridgehead atoms. The molecule has 0 radical (unpaired) electrons. The van der Waals surface area contributed by atoms with Gasteiger partial charge in [0.1, 0.15) is 0 Å². The van der Waals surface area contributed by atoms with E-state index < -0.39 is 0 Å². The lowest BCUT2D eigenvalue weighted by Gasteiger charge is -2.33. The third-order valence-electron chi connectivity index (χ3n) is 5.26. The SMILES string of the molecule is CCCNC(=O)c1cccc(CNC(=NC)NCCCN2CCCCC2C)c1.I. The minimum atomic E-state index is -0.0156. The number of aliphatic imine (C=N–C) groups is 1. The molecule has 1 heterocycles. The molecule has 7 heteroatoms. The van der Waals surface area contributed by atoms with E-state index in [9.17, 15) is 4.79 Å². The van der Waals surface area contributed by atoms with Crippen molar-refractivity contribution in [2.24, 2.45) is 4.99 Å². The van der Waals surface area contributed by atoms with E-state index in [0.29, 0.717) is 24.7 Å². The summed E-state index contributed by atoms with van der Waals surface area (Å²) in [6, 6.07) is 8.45. The normalized spacial score (nSPS) is 17.3. The monoisotopic (exact) mass is 515 g/mol. The van der Waals surface area contributed by atoms with Crippen molar-refractivity contribution in [2.45, 2.75) is 58.5 Å².